The third kappa shape index (κ3) is 8.39. The fourth-order valence-electron chi connectivity index (χ4n) is 1.80. The lowest BCUT2D eigenvalue weighted by Crippen LogP contribution is -2.35. The first-order valence-electron chi connectivity index (χ1n) is 6.43. The average Bonchev–Trinajstić information content (AvgIpc) is 2.44. The van der Waals surface area contributed by atoms with E-state index in [0.717, 1.165) is 0 Å². The van der Waals surface area contributed by atoms with E-state index < -0.39 is 5.41 Å². The second-order valence-electron chi connectivity index (χ2n) is 4.53. The van der Waals surface area contributed by atoms with Gasteiger partial charge in [-0.15, -0.1) is 0 Å². The third-order valence-electron chi connectivity index (χ3n) is 2.96. The van der Waals surface area contributed by atoms with Crippen molar-refractivity contribution in [2.45, 2.75) is 19.3 Å². The van der Waals surface area contributed by atoms with Crippen molar-refractivity contribution >= 4 is 25.1 Å². The van der Waals surface area contributed by atoms with Gasteiger partial charge in [-0.2, -0.15) is 12.6 Å². The first-order chi connectivity index (χ1) is 9.64. The molecule has 0 spiro atoms. The minimum Gasteiger partial charge on any atom is -0.468 e. The normalized spacial score (nSPS) is 13.6. The second-order valence-corrected chi connectivity index (χ2v) is 4.97. The number of hydrogen-bond donors (Lipinski definition) is 1. The van der Waals surface area contributed by atoms with Crippen LogP contribution in [-0.4, -0.2) is 58.8 Å². The molecule has 0 amide bonds. The highest BCUT2D eigenvalue weighted by Gasteiger charge is 2.32. The molecule has 0 saturated heterocycles. The number of methoxy groups -OCH3 is 2. The molecule has 0 aromatic heterocycles. The van der Waals surface area contributed by atoms with Crippen LogP contribution in [0, 0.1) is 5.41 Å². The summed E-state index contributed by atoms with van der Waals surface area (Å²) in [7, 11) is 3.18. The van der Waals surface area contributed by atoms with E-state index in [4.69, 9.17) is 18.9 Å². The van der Waals surface area contributed by atoms with Crippen molar-refractivity contribution in [2.24, 2.45) is 5.41 Å². The molecule has 0 N–H and O–H groups in total. The Morgan fingerprint density at radius 3 is 2.40 bits per heavy atom. The minimum absolute atomic E-state index is 0.207. The van der Waals surface area contributed by atoms with Crippen LogP contribution in [0.1, 0.15) is 19.3 Å². The quantitative estimate of drug-likeness (QED) is 0.238. The lowest BCUT2D eigenvalue weighted by atomic mass is 9.83. The van der Waals surface area contributed by atoms with Crippen molar-refractivity contribution < 1.29 is 28.5 Å². The van der Waals surface area contributed by atoms with Gasteiger partial charge in [-0.25, -0.2) is 0 Å². The number of carbonyl (C=O) groups is 2. The molecule has 0 bridgehead atoms. The maximum absolute atomic E-state index is 11.5. The predicted molar refractivity (Wildman–Crippen MR) is 76.9 cm³/mol. The van der Waals surface area contributed by atoms with Crippen LogP contribution in [0.2, 0.25) is 0 Å². The molecule has 7 heteroatoms. The van der Waals surface area contributed by atoms with E-state index in [9.17, 15) is 9.59 Å². The van der Waals surface area contributed by atoms with E-state index in [1.54, 1.807) is 14.2 Å². The Hall–Kier alpha value is -0.790. The van der Waals surface area contributed by atoms with E-state index in [0.29, 0.717) is 38.3 Å². The highest BCUT2D eigenvalue weighted by molar-refractivity contribution is 7.80. The van der Waals surface area contributed by atoms with Crippen LogP contribution in [0.25, 0.3) is 0 Å². The highest BCUT2D eigenvalue weighted by Crippen LogP contribution is 2.28. The fraction of sp³-hybridized carbons (Fsp3) is 0.846. The number of esters is 1. The molecular formula is C13H24O6S. The van der Waals surface area contributed by atoms with Crippen molar-refractivity contribution in [3.63, 3.8) is 0 Å². The van der Waals surface area contributed by atoms with Crippen LogP contribution in [0.15, 0.2) is 0 Å². The maximum atomic E-state index is 11.5. The molecule has 6 nitrogen and oxygen atoms in total. The largest absolute Gasteiger partial charge is 0.468 e. The molecule has 0 aromatic carbocycles. The Morgan fingerprint density at radius 1 is 1.15 bits per heavy atom. The summed E-state index contributed by atoms with van der Waals surface area (Å²) in [6.07, 6.45) is 1.45. The Balaban J connectivity index is 4.58. The first-order valence-corrected chi connectivity index (χ1v) is 7.07. The molecule has 118 valence electrons. The van der Waals surface area contributed by atoms with E-state index in [2.05, 4.69) is 12.6 Å². The third-order valence-corrected chi connectivity index (χ3v) is 3.18. The Kier molecular flexibility index (Phi) is 11.5. The number of carbonyl (C=O) groups excluding carboxylic acids is 2. The van der Waals surface area contributed by atoms with Gasteiger partial charge in [-0.05, 0) is 12.8 Å². The summed E-state index contributed by atoms with van der Waals surface area (Å²) in [5, 5.41) is 0. The molecule has 0 aliphatic rings. The molecule has 0 aromatic rings. The highest BCUT2D eigenvalue weighted by atomic mass is 32.1. The van der Waals surface area contributed by atoms with Crippen LogP contribution in [-0.2, 0) is 28.5 Å². The summed E-state index contributed by atoms with van der Waals surface area (Å²) in [6.45, 7) is 1.77. The van der Waals surface area contributed by atoms with Gasteiger partial charge in [0.05, 0.1) is 26.2 Å². The van der Waals surface area contributed by atoms with E-state index in [1.165, 1.54) is 0 Å². The van der Waals surface area contributed by atoms with Crippen molar-refractivity contribution in [3.8, 4) is 0 Å². The van der Waals surface area contributed by atoms with Gasteiger partial charge in [0.2, 0.25) is 0 Å². The molecule has 1 unspecified atom stereocenters. The molecule has 0 fully saturated rings. The maximum Gasteiger partial charge on any atom is 0.306 e. The number of rotatable bonds is 13. The van der Waals surface area contributed by atoms with Gasteiger partial charge in [0.15, 0.2) is 0 Å². The monoisotopic (exact) mass is 308 g/mol. The van der Waals surface area contributed by atoms with Crippen LogP contribution >= 0.6 is 12.6 Å². The molecule has 0 heterocycles. The summed E-state index contributed by atoms with van der Waals surface area (Å²) >= 11 is 3.99. The molecule has 0 radical (unpaired) electrons. The van der Waals surface area contributed by atoms with Crippen LogP contribution < -0.4 is 0 Å². The van der Waals surface area contributed by atoms with Gasteiger partial charge in [0, 0.05) is 32.0 Å². The van der Waals surface area contributed by atoms with Gasteiger partial charge in [0.1, 0.15) is 0 Å². The van der Waals surface area contributed by atoms with Gasteiger partial charge in [0.25, 0.3) is 6.47 Å². The van der Waals surface area contributed by atoms with Crippen molar-refractivity contribution in [1.82, 2.24) is 0 Å². The molecule has 0 aliphatic carbocycles. The standard InChI is InChI=1S/C13H24O6S/c1-16-6-4-13(9-17-2,5-7-18-11-14)10-19-12(15)3-8-20/h11,20H,3-10H2,1-2H3. The zero-order chi connectivity index (χ0) is 15.3. The summed E-state index contributed by atoms with van der Waals surface area (Å²) in [6, 6.07) is 0. The Bertz CT molecular complexity index is 274. The molecule has 0 rings (SSSR count). The SMILES string of the molecule is COCCC(CCOC=O)(COC)COC(=O)CCS. The topological polar surface area (TPSA) is 71.1 Å². The number of thiol groups is 1. The molecule has 1 atom stereocenters. The lowest BCUT2D eigenvalue weighted by Gasteiger charge is -2.32. The molecular weight excluding hydrogens is 284 g/mol. The minimum atomic E-state index is -0.417. The van der Waals surface area contributed by atoms with Crippen LogP contribution in [0.5, 0.6) is 0 Å². The smallest absolute Gasteiger partial charge is 0.306 e. The van der Waals surface area contributed by atoms with Gasteiger partial charge in [-0.1, -0.05) is 0 Å². The summed E-state index contributed by atoms with van der Waals surface area (Å²) in [4.78, 5) is 21.7. The summed E-state index contributed by atoms with van der Waals surface area (Å²) < 4.78 is 20.3. The van der Waals surface area contributed by atoms with E-state index >= 15 is 0 Å². The fourth-order valence-corrected chi connectivity index (χ4v) is 1.98. The van der Waals surface area contributed by atoms with Gasteiger partial charge < -0.3 is 18.9 Å². The number of hydrogen-bond acceptors (Lipinski definition) is 7. The Labute approximate surface area is 125 Å². The van der Waals surface area contributed by atoms with Crippen molar-refractivity contribution in [3.05, 3.63) is 0 Å². The zero-order valence-electron chi connectivity index (χ0n) is 12.1. The van der Waals surface area contributed by atoms with E-state index in [1.807, 2.05) is 0 Å². The lowest BCUT2D eigenvalue weighted by molar-refractivity contribution is -0.150. The van der Waals surface area contributed by atoms with Crippen molar-refractivity contribution in [1.29, 1.82) is 0 Å². The molecule has 0 saturated carbocycles. The number of ether oxygens (including phenoxy) is 4. The van der Waals surface area contributed by atoms with Crippen LogP contribution in [0.4, 0.5) is 0 Å². The zero-order valence-corrected chi connectivity index (χ0v) is 13.0. The second kappa shape index (κ2) is 12.0. The average molecular weight is 308 g/mol. The van der Waals surface area contributed by atoms with Gasteiger partial charge >= 0.3 is 5.97 Å². The summed E-state index contributed by atoms with van der Waals surface area (Å²) in [5.41, 5.74) is -0.417. The van der Waals surface area contributed by atoms with E-state index in [-0.39, 0.29) is 25.6 Å². The van der Waals surface area contributed by atoms with Crippen molar-refractivity contribution in [2.75, 3.05) is 46.4 Å². The predicted octanol–water partition coefficient (Wildman–Crippen LogP) is 1.08. The molecule has 0 aliphatic heterocycles. The van der Waals surface area contributed by atoms with Crippen LogP contribution in [0.3, 0.4) is 0 Å². The molecule has 20 heavy (non-hydrogen) atoms. The first kappa shape index (κ1) is 19.2. The summed E-state index contributed by atoms with van der Waals surface area (Å²) in [5.74, 6) is 0.150. The Morgan fingerprint density at radius 2 is 1.85 bits per heavy atom. The van der Waals surface area contributed by atoms with Gasteiger partial charge in [-0.3, -0.25) is 9.59 Å².